The van der Waals surface area contributed by atoms with Crippen LogP contribution < -0.4 is 0 Å². The number of benzene rings is 1. The van der Waals surface area contributed by atoms with Crippen LogP contribution in [0.2, 0.25) is 0 Å². The van der Waals surface area contributed by atoms with E-state index in [-0.39, 0.29) is 11.9 Å². The van der Waals surface area contributed by atoms with Crippen LogP contribution in [0.25, 0.3) is 0 Å². The van der Waals surface area contributed by atoms with Gasteiger partial charge in [0.05, 0.1) is 13.0 Å². The molecule has 0 aliphatic heterocycles. The van der Waals surface area contributed by atoms with Crippen LogP contribution in [0.3, 0.4) is 0 Å². The average molecular weight is 258 g/mol. The number of carbonyl (C=O) groups is 1. The Labute approximate surface area is 115 Å². The SMILES string of the molecule is COC(=O)C1CC2CC(Cc3ccc(C)cc3)C1C2. The van der Waals surface area contributed by atoms with Gasteiger partial charge in [-0.1, -0.05) is 29.8 Å². The molecule has 2 bridgehead atoms. The summed E-state index contributed by atoms with van der Waals surface area (Å²) in [6.07, 6.45) is 4.71. The van der Waals surface area contributed by atoms with Crippen molar-refractivity contribution < 1.29 is 9.53 Å². The Morgan fingerprint density at radius 1 is 1.21 bits per heavy atom. The summed E-state index contributed by atoms with van der Waals surface area (Å²) in [6, 6.07) is 8.82. The van der Waals surface area contributed by atoms with Gasteiger partial charge in [-0.25, -0.2) is 0 Å². The summed E-state index contributed by atoms with van der Waals surface area (Å²) in [5, 5.41) is 0. The first-order valence-corrected chi connectivity index (χ1v) is 7.30. The van der Waals surface area contributed by atoms with Crippen LogP contribution in [0.4, 0.5) is 0 Å². The van der Waals surface area contributed by atoms with E-state index in [9.17, 15) is 4.79 Å². The van der Waals surface area contributed by atoms with Gasteiger partial charge in [0.1, 0.15) is 0 Å². The van der Waals surface area contributed by atoms with Gasteiger partial charge in [-0.3, -0.25) is 4.79 Å². The molecule has 2 fully saturated rings. The zero-order valence-electron chi connectivity index (χ0n) is 11.8. The first kappa shape index (κ1) is 12.7. The van der Waals surface area contributed by atoms with Gasteiger partial charge in [0.2, 0.25) is 0 Å². The van der Waals surface area contributed by atoms with E-state index in [2.05, 4.69) is 31.2 Å². The standard InChI is InChI=1S/C17H22O2/c1-11-3-5-12(6-4-11)7-14-8-13-9-15(14)16(10-13)17(18)19-2/h3-6,13-16H,7-10H2,1-2H3. The molecule has 2 aliphatic carbocycles. The van der Waals surface area contributed by atoms with Gasteiger partial charge in [0.25, 0.3) is 0 Å². The van der Waals surface area contributed by atoms with E-state index in [1.807, 2.05) is 0 Å². The Bertz CT molecular complexity index is 463. The summed E-state index contributed by atoms with van der Waals surface area (Å²) in [4.78, 5) is 11.8. The fraction of sp³-hybridized carbons (Fsp3) is 0.588. The van der Waals surface area contributed by atoms with Crippen LogP contribution in [0.1, 0.15) is 30.4 Å². The van der Waals surface area contributed by atoms with Crippen LogP contribution in [-0.4, -0.2) is 13.1 Å². The van der Waals surface area contributed by atoms with Crippen LogP contribution in [0.5, 0.6) is 0 Å². The molecule has 19 heavy (non-hydrogen) atoms. The maximum Gasteiger partial charge on any atom is 0.308 e. The quantitative estimate of drug-likeness (QED) is 0.777. The molecule has 2 saturated carbocycles. The van der Waals surface area contributed by atoms with Crippen LogP contribution in [0.15, 0.2) is 24.3 Å². The highest BCUT2D eigenvalue weighted by Gasteiger charge is 2.49. The number of fused-ring (bicyclic) bond motifs is 2. The maximum absolute atomic E-state index is 11.8. The van der Waals surface area contributed by atoms with Gasteiger partial charge in [-0.15, -0.1) is 0 Å². The second-order valence-electron chi connectivity index (χ2n) is 6.32. The topological polar surface area (TPSA) is 26.3 Å². The second kappa shape index (κ2) is 4.99. The Morgan fingerprint density at radius 3 is 2.58 bits per heavy atom. The molecule has 0 spiro atoms. The molecule has 2 aliphatic rings. The normalized spacial score (nSPS) is 32.5. The van der Waals surface area contributed by atoms with Gasteiger partial charge < -0.3 is 4.74 Å². The smallest absolute Gasteiger partial charge is 0.308 e. The van der Waals surface area contributed by atoms with Crippen LogP contribution in [-0.2, 0) is 16.0 Å². The van der Waals surface area contributed by atoms with Crippen molar-refractivity contribution in [1.29, 1.82) is 0 Å². The van der Waals surface area contributed by atoms with Crippen LogP contribution in [0, 0.1) is 30.6 Å². The molecule has 4 unspecified atom stereocenters. The van der Waals surface area contributed by atoms with E-state index >= 15 is 0 Å². The molecule has 1 aromatic carbocycles. The largest absolute Gasteiger partial charge is 0.469 e. The summed E-state index contributed by atoms with van der Waals surface area (Å²) in [7, 11) is 1.52. The highest BCUT2D eigenvalue weighted by atomic mass is 16.5. The fourth-order valence-electron chi connectivity index (χ4n) is 4.18. The highest BCUT2D eigenvalue weighted by molar-refractivity contribution is 5.73. The molecule has 0 radical (unpaired) electrons. The van der Waals surface area contributed by atoms with Crippen molar-refractivity contribution in [2.45, 2.75) is 32.6 Å². The Morgan fingerprint density at radius 2 is 1.95 bits per heavy atom. The second-order valence-corrected chi connectivity index (χ2v) is 6.32. The zero-order valence-corrected chi connectivity index (χ0v) is 11.8. The van der Waals surface area contributed by atoms with E-state index in [4.69, 9.17) is 4.74 Å². The Kier molecular flexibility index (Phi) is 3.34. The van der Waals surface area contributed by atoms with Crippen molar-refractivity contribution in [2.24, 2.45) is 23.7 Å². The van der Waals surface area contributed by atoms with Gasteiger partial charge in [0, 0.05) is 0 Å². The first-order valence-electron chi connectivity index (χ1n) is 7.30. The lowest BCUT2D eigenvalue weighted by Crippen LogP contribution is -2.28. The number of hydrogen-bond donors (Lipinski definition) is 0. The van der Waals surface area contributed by atoms with Crippen molar-refractivity contribution in [3.05, 3.63) is 35.4 Å². The van der Waals surface area contributed by atoms with E-state index in [0.717, 1.165) is 18.8 Å². The van der Waals surface area contributed by atoms with E-state index < -0.39 is 0 Å². The molecule has 0 amide bonds. The third-order valence-electron chi connectivity index (χ3n) is 5.07. The summed E-state index contributed by atoms with van der Waals surface area (Å²) < 4.78 is 4.96. The number of ether oxygens (including phenoxy) is 1. The lowest BCUT2D eigenvalue weighted by atomic mass is 9.77. The molecule has 102 valence electrons. The highest BCUT2D eigenvalue weighted by Crippen LogP contribution is 2.53. The van der Waals surface area contributed by atoms with Gasteiger partial charge in [-0.2, -0.15) is 0 Å². The average Bonchev–Trinajstić information content (AvgIpc) is 3.00. The summed E-state index contributed by atoms with van der Waals surface area (Å²) in [5.74, 6) is 2.16. The fourth-order valence-corrected chi connectivity index (χ4v) is 4.18. The minimum absolute atomic E-state index is 0.0149. The van der Waals surface area contributed by atoms with Crippen molar-refractivity contribution in [3.8, 4) is 0 Å². The number of rotatable bonds is 3. The van der Waals surface area contributed by atoms with Gasteiger partial charge >= 0.3 is 5.97 Å². The number of hydrogen-bond acceptors (Lipinski definition) is 2. The van der Waals surface area contributed by atoms with Crippen LogP contribution >= 0.6 is 0 Å². The molecular weight excluding hydrogens is 236 g/mol. The number of aryl methyl sites for hydroxylation is 1. The zero-order chi connectivity index (χ0) is 13.4. The summed E-state index contributed by atoms with van der Waals surface area (Å²) >= 11 is 0. The van der Waals surface area contributed by atoms with Crippen molar-refractivity contribution >= 4 is 5.97 Å². The number of methoxy groups -OCH3 is 1. The van der Waals surface area contributed by atoms with Crippen molar-refractivity contribution in [2.75, 3.05) is 7.11 Å². The predicted octanol–water partition coefficient (Wildman–Crippen LogP) is 3.37. The van der Waals surface area contributed by atoms with E-state index in [1.165, 1.54) is 31.1 Å². The number of esters is 1. The van der Waals surface area contributed by atoms with Crippen molar-refractivity contribution in [3.63, 3.8) is 0 Å². The molecule has 0 saturated heterocycles. The third kappa shape index (κ3) is 2.41. The predicted molar refractivity (Wildman–Crippen MR) is 74.7 cm³/mol. The third-order valence-corrected chi connectivity index (χ3v) is 5.07. The van der Waals surface area contributed by atoms with Gasteiger partial charge in [0.15, 0.2) is 0 Å². The molecule has 3 rings (SSSR count). The monoisotopic (exact) mass is 258 g/mol. The molecular formula is C17H22O2. The minimum Gasteiger partial charge on any atom is -0.469 e. The summed E-state index contributed by atoms with van der Waals surface area (Å²) in [5.41, 5.74) is 2.72. The first-order chi connectivity index (χ1) is 9.17. The minimum atomic E-state index is 0.0149. The maximum atomic E-state index is 11.8. The molecule has 2 nitrogen and oxygen atoms in total. The molecule has 0 heterocycles. The lowest BCUT2D eigenvalue weighted by molar-refractivity contribution is -0.148. The molecule has 4 atom stereocenters. The molecule has 1 aromatic rings. The molecule has 0 aromatic heterocycles. The lowest BCUT2D eigenvalue weighted by Gasteiger charge is -2.27. The summed E-state index contributed by atoms with van der Waals surface area (Å²) in [6.45, 7) is 2.12. The van der Waals surface area contributed by atoms with Gasteiger partial charge in [-0.05, 0) is 55.9 Å². The van der Waals surface area contributed by atoms with Crippen molar-refractivity contribution in [1.82, 2.24) is 0 Å². The Hall–Kier alpha value is -1.31. The molecule has 2 heteroatoms. The van der Waals surface area contributed by atoms with E-state index in [0.29, 0.717) is 11.8 Å². The number of carbonyl (C=O) groups excluding carboxylic acids is 1. The van der Waals surface area contributed by atoms with E-state index in [1.54, 1.807) is 0 Å². The molecule has 0 N–H and O–H groups in total. The Balaban J connectivity index is 1.69.